The van der Waals surface area contributed by atoms with Crippen LogP contribution in [0.4, 0.5) is 0 Å². The van der Waals surface area contributed by atoms with Gasteiger partial charge >= 0.3 is 0 Å². The molecule has 0 atom stereocenters. The minimum Gasteiger partial charge on any atom is -0.496 e. The van der Waals surface area contributed by atoms with E-state index in [0.717, 1.165) is 0 Å². The highest BCUT2D eigenvalue weighted by Crippen LogP contribution is 2.30. The smallest absolute Gasteiger partial charge is 0.261 e. The first-order chi connectivity index (χ1) is 6.81. The lowest BCUT2D eigenvalue weighted by Crippen LogP contribution is -1.87. The van der Waals surface area contributed by atoms with Gasteiger partial charge < -0.3 is 9.26 Å². The Morgan fingerprint density at radius 3 is 2.93 bits per heavy atom. The Morgan fingerprint density at radius 2 is 2.29 bits per heavy atom. The van der Waals surface area contributed by atoms with E-state index in [4.69, 9.17) is 20.9 Å². The largest absolute Gasteiger partial charge is 0.496 e. The third-order valence-corrected chi connectivity index (χ3v) is 1.99. The van der Waals surface area contributed by atoms with Crippen LogP contribution in [0.15, 0.2) is 29.0 Å². The van der Waals surface area contributed by atoms with Crippen molar-refractivity contribution >= 4 is 11.6 Å². The Labute approximate surface area is 85.5 Å². The fourth-order valence-corrected chi connectivity index (χ4v) is 1.31. The lowest BCUT2D eigenvalue weighted by molar-refractivity contribution is 0.405. The van der Waals surface area contributed by atoms with Gasteiger partial charge in [0, 0.05) is 5.02 Å². The highest BCUT2D eigenvalue weighted by molar-refractivity contribution is 6.30. The number of ether oxygens (including phenoxy) is 1. The summed E-state index contributed by atoms with van der Waals surface area (Å²) in [4.78, 5) is 3.92. The van der Waals surface area contributed by atoms with Crippen LogP contribution < -0.4 is 4.74 Å². The summed E-state index contributed by atoms with van der Waals surface area (Å²) < 4.78 is 10.1. The highest BCUT2D eigenvalue weighted by Gasteiger charge is 2.10. The molecule has 1 heterocycles. The van der Waals surface area contributed by atoms with Crippen molar-refractivity contribution in [2.45, 2.75) is 0 Å². The second-order valence-corrected chi connectivity index (χ2v) is 3.03. The van der Waals surface area contributed by atoms with Crippen LogP contribution in [-0.4, -0.2) is 17.3 Å². The topological polar surface area (TPSA) is 48.2 Å². The lowest BCUT2D eigenvalue weighted by Gasteiger charge is -2.04. The number of hydrogen-bond donors (Lipinski definition) is 0. The third kappa shape index (κ3) is 1.56. The van der Waals surface area contributed by atoms with Crippen LogP contribution in [-0.2, 0) is 0 Å². The van der Waals surface area contributed by atoms with Crippen molar-refractivity contribution in [2.75, 3.05) is 7.11 Å². The summed E-state index contributed by atoms with van der Waals surface area (Å²) >= 11 is 5.85. The molecule has 0 amide bonds. The molecule has 1 aromatic carbocycles. The van der Waals surface area contributed by atoms with E-state index in [2.05, 4.69) is 10.1 Å². The molecule has 14 heavy (non-hydrogen) atoms. The van der Waals surface area contributed by atoms with Gasteiger partial charge in [-0.3, -0.25) is 0 Å². The molecule has 2 aromatic rings. The number of aromatic nitrogens is 2. The minimum atomic E-state index is 0.393. The zero-order chi connectivity index (χ0) is 9.97. The molecule has 4 nitrogen and oxygen atoms in total. The first-order valence-electron chi connectivity index (χ1n) is 3.92. The Bertz CT molecular complexity index is 428. The number of hydrogen-bond acceptors (Lipinski definition) is 4. The summed E-state index contributed by atoms with van der Waals surface area (Å²) in [5.74, 6) is 1.04. The Hall–Kier alpha value is -1.55. The molecule has 1 aromatic heterocycles. The number of halogens is 1. The van der Waals surface area contributed by atoms with Crippen molar-refractivity contribution in [1.82, 2.24) is 10.1 Å². The van der Waals surface area contributed by atoms with E-state index in [-0.39, 0.29) is 0 Å². The number of methoxy groups -OCH3 is 1. The average molecular weight is 211 g/mol. The standard InChI is InChI=1S/C9H7ClN2O2/c1-13-8-3-2-6(10)4-7(8)9-11-5-12-14-9/h2-5H,1H3. The fraction of sp³-hybridized carbons (Fsp3) is 0.111. The van der Waals surface area contributed by atoms with E-state index >= 15 is 0 Å². The Morgan fingerprint density at radius 1 is 1.43 bits per heavy atom. The van der Waals surface area contributed by atoms with Crippen LogP contribution in [0.1, 0.15) is 0 Å². The van der Waals surface area contributed by atoms with Gasteiger partial charge in [-0.25, -0.2) is 0 Å². The maximum Gasteiger partial charge on any atom is 0.261 e. The summed E-state index contributed by atoms with van der Waals surface area (Å²) in [5, 5.41) is 4.12. The third-order valence-electron chi connectivity index (χ3n) is 1.75. The number of nitrogens with zero attached hydrogens (tertiary/aromatic N) is 2. The monoisotopic (exact) mass is 210 g/mol. The molecule has 0 saturated carbocycles. The molecule has 0 bridgehead atoms. The number of rotatable bonds is 2. The fourth-order valence-electron chi connectivity index (χ4n) is 1.14. The Balaban J connectivity index is 2.55. The van der Waals surface area contributed by atoms with Crippen LogP contribution in [0.2, 0.25) is 5.02 Å². The molecular formula is C9H7ClN2O2. The second kappa shape index (κ2) is 3.67. The van der Waals surface area contributed by atoms with Gasteiger partial charge in [0.05, 0.1) is 12.7 Å². The molecule has 0 aliphatic rings. The second-order valence-electron chi connectivity index (χ2n) is 2.59. The van der Waals surface area contributed by atoms with Gasteiger partial charge in [-0.1, -0.05) is 16.8 Å². The highest BCUT2D eigenvalue weighted by atomic mass is 35.5. The molecule has 0 aliphatic carbocycles. The predicted molar refractivity (Wildman–Crippen MR) is 51.3 cm³/mol. The summed E-state index contributed by atoms with van der Waals surface area (Å²) in [6, 6.07) is 5.20. The zero-order valence-corrected chi connectivity index (χ0v) is 8.15. The van der Waals surface area contributed by atoms with Crippen molar-refractivity contribution in [3.8, 4) is 17.2 Å². The van der Waals surface area contributed by atoms with E-state index in [1.807, 2.05) is 0 Å². The molecule has 2 rings (SSSR count). The summed E-state index contributed by atoms with van der Waals surface area (Å²) in [6.45, 7) is 0. The van der Waals surface area contributed by atoms with Crippen LogP contribution in [0.3, 0.4) is 0 Å². The first-order valence-corrected chi connectivity index (χ1v) is 4.29. The van der Waals surface area contributed by atoms with Gasteiger partial charge in [-0.2, -0.15) is 4.98 Å². The molecule has 5 heteroatoms. The van der Waals surface area contributed by atoms with Crippen LogP contribution in [0.25, 0.3) is 11.5 Å². The van der Waals surface area contributed by atoms with Crippen LogP contribution in [0, 0.1) is 0 Å². The molecule has 0 unspecified atom stereocenters. The minimum absolute atomic E-state index is 0.393. The van der Waals surface area contributed by atoms with Crippen LogP contribution >= 0.6 is 11.6 Å². The predicted octanol–water partition coefficient (Wildman–Crippen LogP) is 2.40. The van der Waals surface area contributed by atoms with Gasteiger partial charge in [0.1, 0.15) is 5.75 Å². The van der Waals surface area contributed by atoms with Crippen molar-refractivity contribution in [3.63, 3.8) is 0 Å². The van der Waals surface area contributed by atoms with E-state index in [9.17, 15) is 0 Å². The van der Waals surface area contributed by atoms with Gasteiger partial charge in [0.2, 0.25) is 0 Å². The molecule has 0 saturated heterocycles. The van der Waals surface area contributed by atoms with Gasteiger partial charge in [0.25, 0.3) is 5.89 Å². The van der Waals surface area contributed by atoms with E-state index in [0.29, 0.717) is 22.2 Å². The first kappa shape index (κ1) is 9.02. The average Bonchev–Trinajstić information content (AvgIpc) is 2.70. The van der Waals surface area contributed by atoms with Gasteiger partial charge in [-0.05, 0) is 18.2 Å². The number of benzene rings is 1. The van der Waals surface area contributed by atoms with Gasteiger partial charge in [-0.15, -0.1) is 0 Å². The molecule has 72 valence electrons. The SMILES string of the molecule is COc1ccc(Cl)cc1-c1ncno1. The van der Waals surface area contributed by atoms with Crippen molar-refractivity contribution in [1.29, 1.82) is 0 Å². The summed E-state index contributed by atoms with van der Waals surface area (Å²) in [5.41, 5.74) is 0.692. The van der Waals surface area contributed by atoms with Crippen molar-refractivity contribution < 1.29 is 9.26 Å². The maximum atomic E-state index is 5.85. The normalized spacial score (nSPS) is 10.1. The van der Waals surface area contributed by atoms with Crippen molar-refractivity contribution in [3.05, 3.63) is 29.5 Å². The zero-order valence-electron chi connectivity index (χ0n) is 7.40. The Kier molecular flexibility index (Phi) is 2.37. The van der Waals surface area contributed by atoms with E-state index in [1.54, 1.807) is 25.3 Å². The summed E-state index contributed by atoms with van der Waals surface area (Å²) in [7, 11) is 1.57. The van der Waals surface area contributed by atoms with E-state index in [1.165, 1.54) is 6.33 Å². The molecule has 0 aliphatic heterocycles. The summed E-state index contributed by atoms with van der Waals surface area (Å²) in [6.07, 6.45) is 1.33. The molecular weight excluding hydrogens is 204 g/mol. The van der Waals surface area contributed by atoms with Crippen molar-refractivity contribution in [2.24, 2.45) is 0 Å². The molecule has 0 spiro atoms. The molecule has 0 fully saturated rings. The maximum absolute atomic E-state index is 5.85. The van der Waals surface area contributed by atoms with Crippen LogP contribution in [0.5, 0.6) is 5.75 Å². The molecule has 0 radical (unpaired) electrons. The molecule has 0 N–H and O–H groups in total. The lowest BCUT2D eigenvalue weighted by atomic mass is 10.2. The quantitative estimate of drug-likeness (QED) is 0.764. The van der Waals surface area contributed by atoms with Gasteiger partial charge in [0.15, 0.2) is 6.33 Å². The van der Waals surface area contributed by atoms with E-state index < -0.39 is 0 Å².